The number of rotatable bonds is 6. The molecule has 0 rings (SSSR count). The largest absolute Gasteiger partial charge is 0.303 e. The van der Waals surface area contributed by atoms with Gasteiger partial charge in [0, 0.05) is 12.8 Å². The van der Waals surface area contributed by atoms with Crippen molar-refractivity contribution in [2.24, 2.45) is 0 Å². The number of carbonyl (C=O) groups is 2. The number of hydrogen-bond acceptors (Lipinski definition) is 3. The summed E-state index contributed by atoms with van der Waals surface area (Å²) in [5, 5.41) is 0. The average molecular weight is 185 g/mol. The first kappa shape index (κ1) is 12.3. The molecule has 0 aliphatic rings. The molecule has 0 aliphatic carbocycles. The minimum Gasteiger partial charge on any atom is -0.303 e. The first-order valence-electron chi connectivity index (χ1n) is 4.63. The van der Waals surface area contributed by atoms with Crippen molar-refractivity contribution in [2.45, 2.75) is 38.6 Å². The molecule has 0 saturated heterocycles. The van der Waals surface area contributed by atoms with E-state index in [0.717, 1.165) is 12.7 Å². The van der Waals surface area contributed by atoms with Gasteiger partial charge in [-0.25, -0.2) is 0 Å². The third kappa shape index (κ3) is 2.92. The first-order chi connectivity index (χ1) is 5.99. The molecule has 0 N–H and O–H groups in total. The number of carbonyl (C=O) groups excluding carboxylic acids is 2. The Labute approximate surface area is 80.1 Å². The fourth-order valence-electron chi connectivity index (χ4n) is 1.22. The van der Waals surface area contributed by atoms with Gasteiger partial charge in [-0.3, -0.25) is 9.69 Å². The van der Waals surface area contributed by atoms with E-state index in [1.165, 1.54) is 0 Å². The van der Waals surface area contributed by atoms with E-state index in [9.17, 15) is 9.59 Å². The molecule has 3 nitrogen and oxygen atoms in total. The summed E-state index contributed by atoms with van der Waals surface area (Å²) in [4.78, 5) is 23.7. The van der Waals surface area contributed by atoms with Crippen LogP contribution in [0.2, 0.25) is 0 Å². The van der Waals surface area contributed by atoms with Crippen LogP contribution in [0.5, 0.6) is 0 Å². The van der Waals surface area contributed by atoms with Crippen LogP contribution in [0, 0.1) is 0 Å². The first-order valence-corrected chi connectivity index (χ1v) is 4.63. The van der Waals surface area contributed by atoms with Crippen molar-refractivity contribution in [2.75, 3.05) is 14.1 Å². The number of likely N-dealkylation sites (N-methyl/N-ethyl adjacent to an activating group) is 1. The lowest BCUT2D eigenvalue weighted by atomic mass is 9.89. The number of aldehydes is 1. The molecule has 0 bridgehead atoms. The lowest BCUT2D eigenvalue weighted by Crippen LogP contribution is -2.47. The van der Waals surface area contributed by atoms with Gasteiger partial charge in [-0.15, -0.1) is 0 Å². The molecular weight excluding hydrogens is 166 g/mol. The molecule has 0 heterocycles. The predicted octanol–water partition coefficient (Wildman–Crippen LogP) is 1.26. The van der Waals surface area contributed by atoms with Crippen LogP contribution >= 0.6 is 0 Å². The molecule has 0 aromatic rings. The van der Waals surface area contributed by atoms with E-state index < -0.39 is 5.54 Å². The summed E-state index contributed by atoms with van der Waals surface area (Å²) in [6, 6.07) is 0. The van der Waals surface area contributed by atoms with E-state index in [2.05, 4.69) is 0 Å². The van der Waals surface area contributed by atoms with Gasteiger partial charge in [-0.1, -0.05) is 6.92 Å². The summed E-state index contributed by atoms with van der Waals surface area (Å²) in [5.41, 5.74) is -0.414. The molecular formula is C10H19NO2. The van der Waals surface area contributed by atoms with Gasteiger partial charge in [0.25, 0.3) is 0 Å². The zero-order valence-corrected chi connectivity index (χ0v) is 8.96. The van der Waals surface area contributed by atoms with Crippen LogP contribution in [0.25, 0.3) is 0 Å². The van der Waals surface area contributed by atoms with Gasteiger partial charge >= 0.3 is 0 Å². The molecule has 0 aromatic carbocycles. The Morgan fingerprint density at radius 1 is 1.46 bits per heavy atom. The Kier molecular flexibility index (Phi) is 4.85. The summed E-state index contributed by atoms with van der Waals surface area (Å²) >= 11 is 0. The van der Waals surface area contributed by atoms with Crippen LogP contribution in [-0.4, -0.2) is 36.6 Å². The SMILES string of the molecule is CCC(C)(C(=O)CCC=O)N(C)C. The number of hydrogen-bond donors (Lipinski definition) is 0. The van der Waals surface area contributed by atoms with Crippen LogP contribution in [-0.2, 0) is 9.59 Å². The molecule has 1 atom stereocenters. The molecule has 0 fully saturated rings. The lowest BCUT2D eigenvalue weighted by Gasteiger charge is -2.33. The highest BCUT2D eigenvalue weighted by molar-refractivity contribution is 5.89. The molecule has 0 saturated carbocycles. The summed E-state index contributed by atoms with van der Waals surface area (Å²) in [5.74, 6) is 0.145. The van der Waals surface area contributed by atoms with Gasteiger partial charge in [0.15, 0.2) is 5.78 Å². The maximum absolute atomic E-state index is 11.7. The zero-order valence-electron chi connectivity index (χ0n) is 8.96. The molecule has 0 radical (unpaired) electrons. The zero-order chi connectivity index (χ0) is 10.5. The standard InChI is InChI=1S/C10H19NO2/c1-5-10(2,11(3)4)9(13)7-6-8-12/h8H,5-7H2,1-4H3. The van der Waals surface area contributed by atoms with Gasteiger partial charge < -0.3 is 4.79 Å². The molecule has 1 unspecified atom stereocenters. The van der Waals surface area contributed by atoms with Gasteiger partial charge in [0.05, 0.1) is 5.54 Å². The summed E-state index contributed by atoms with van der Waals surface area (Å²) in [7, 11) is 3.78. The Bertz CT molecular complexity index is 189. The van der Waals surface area contributed by atoms with Gasteiger partial charge in [-0.05, 0) is 27.4 Å². The monoisotopic (exact) mass is 185 g/mol. The highest BCUT2D eigenvalue weighted by Gasteiger charge is 2.32. The number of ketones is 1. The van der Waals surface area contributed by atoms with Crippen molar-refractivity contribution in [1.82, 2.24) is 4.90 Å². The van der Waals surface area contributed by atoms with E-state index in [-0.39, 0.29) is 5.78 Å². The van der Waals surface area contributed by atoms with Gasteiger partial charge in [0.2, 0.25) is 0 Å². The van der Waals surface area contributed by atoms with E-state index in [0.29, 0.717) is 12.8 Å². The Morgan fingerprint density at radius 2 is 2.00 bits per heavy atom. The van der Waals surface area contributed by atoms with Crippen molar-refractivity contribution < 1.29 is 9.59 Å². The second kappa shape index (κ2) is 5.12. The Hall–Kier alpha value is -0.700. The highest BCUT2D eigenvalue weighted by atomic mass is 16.1. The lowest BCUT2D eigenvalue weighted by molar-refractivity contribution is -0.130. The van der Waals surface area contributed by atoms with Crippen molar-refractivity contribution in [3.8, 4) is 0 Å². The molecule has 0 aliphatic heterocycles. The quantitative estimate of drug-likeness (QED) is 0.585. The van der Waals surface area contributed by atoms with Crippen LogP contribution < -0.4 is 0 Å². The molecule has 13 heavy (non-hydrogen) atoms. The maximum Gasteiger partial charge on any atom is 0.153 e. The van der Waals surface area contributed by atoms with Gasteiger partial charge in [-0.2, -0.15) is 0 Å². The van der Waals surface area contributed by atoms with Crippen LogP contribution in [0.15, 0.2) is 0 Å². The van der Waals surface area contributed by atoms with Crippen LogP contribution in [0.1, 0.15) is 33.1 Å². The van der Waals surface area contributed by atoms with E-state index in [4.69, 9.17) is 0 Å². The number of nitrogens with zero attached hydrogens (tertiary/aromatic N) is 1. The average Bonchev–Trinajstić information content (AvgIpc) is 2.12. The third-order valence-corrected chi connectivity index (χ3v) is 2.77. The summed E-state index contributed by atoms with van der Waals surface area (Å²) in [6.07, 6.45) is 2.26. The fraction of sp³-hybridized carbons (Fsp3) is 0.800. The predicted molar refractivity (Wildman–Crippen MR) is 52.7 cm³/mol. The van der Waals surface area contributed by atoms with Crippen molar-refractivity contribution >= 4 is 12.1 Å². The smallest absolute Gasteiger partial charge is 0.153 e. The van der Waals surface area contributed by atoms with E-state index >= 15 is 0 Å². The second-order valence-electron chi connectivity index (χ2n) is 3.65. The highest BCUT2D eigenvalue weighted by Crippen LogP contribution is 2.19. The summed E-state index contributed by atoms with van der Waals surface area (Å²) < 4.78 is 0. The molecule has 0 spiro atoms. The topological polar surface area (TPSA) is 37.4 Å². The Balaban J connectivity index is 4.38. The van der Waals surface area contributed by atoms with Crippen molar-refractivity contribution in [3.05, 3.63) is 0 Å². The molecule has 0 amide bonds. The third-order valence-electron chi connectivity index (χ3n) is 2.77. The summed E-state index contributed by atoms with van der Waals surface area (Å²) in [6.45, 7) is 3.90. The van der Waals surface area contributed by atoms with Crippen molar-refractivity contribution in [3.63, 3.8) is 0 Å². The molecule has 0 aromatic heterocycles. The van der Waals surface area contributed by atoms with E-state index in [1.807, 2.05) is 32.8 Å². The Morgan fingerprint density at radius 3 is 2.31 bits per heavy atom. The minimum absolute atomic E-state index is 0.145. The molecule has 3 heteroatoms. The normalized spacial score (nSPS) is 15.5. The number of Topliss-reactive ketones (excluding diaryl/α,β-unsaturated/α-hetero) is 1. The van der Waals surface area contributed by atoms with Crippen LogP contribution in [0.3, 0.4) is 0 Å². The molecule has 76 valence electrons. The second-order valence-corrected chi connectivity index (χ2v) is 3.65. The van der Waals surface area contributed by atoms with Gasteiger partial charge in [0.1, 0.15) is 6.29 Å². The fourth-order valence-corrected chi connectivity index (χ4v) is 1.22. The van der Waals surface area contributed by atoms with Crippen LogP contribution in [0.4, 0.5) is 0 Å². The van der Waals surface area contributed by atoms with Crippen molar-refractivity contribution in [1.29, 1.82) is 0 Å². The van der Waals surface area contributed by atoms with E-state index in [1.54, 1.807) is 0 Å². The minimum atomic E-state index is -0.414. The maximum atomic E-state index is 11.7.